The molecule has 0 spiro atoms. The van der Waals surface area contributed by atoms with Crippen LogP contribution in [0, 0.1) is 5.92 Å². The van der Waals surface area contributed by atoms with Gasteiger partial charge in [0.2, 0.25) is 0 Å². The SMILES string of the molecule is CC1CC1c1ccccc1O. The van der Waals surface area contributed by atoms with Crippen molar-refractivity contribution in [3.8, 4) is 5.75 Å². The molecule has 1 nitrogen and oxygen atoms in total. The average Bonchev–Trinajstić information content (AvgIpc) is 2.68. The standard InChI is InChI=1S/C10H12O/c1-7-6-9(7)8-4-2-3-5-10(8)11/h2-5,7,9,11H,6H2,1H3. The van der Waals surface area contributed by atoms with Crippen molar-refractivity contribution >= 4 is 0 Å². The van der Waals surface area contributed by atoms with Crippen LogP contribution in [0.2, 0.25) is 0 Å². The summed E-state index contributed by atoms with van der Waals surface area (Å²) in [5.41, 5.74) is 1.13. The Labute approximate surface area is 66.7 Å². The van der Waals surface area contributed by atoms with Crippen molar-refractivity contribution in [3.63, 3.8) is 0 Å². The van der Waals surface area contributed by atoms with Gasteiger partial charge in [-0.05, 0) is 29.9 Å². The lowest BCUT2D eigenvalue weighted by molar-refractivity contribution is 0.467. The van der Waals surface area contributed by atoms with E-state index in [1.165, 1.54) is 6.42 Å². The third-order valence-electron chi connectivity index (χ3n) is 2.45. The predicted molar refractivity (Wildman–Crippen MR) is 44.6 cm³/mol. The van der Waals surface area contributed by atoms with Gasteiger partial charge >= 0.3 is 0 Å². The number of hydrogen-bond acceptors (Lipinski definition) is 1. The van der Waals surface area contributed by atoms with E-state index in [0.717, 1.165) is 11.5 Å². The molecule has 0 aliphatic heterocycles. The lowest BCUT2D eigenvalue weighted by atomic mass is 10.1. The van der Waals surface area contributed by atoms with Crippen LogP contribution in [-0.4, -0.2) is 5.11 Å². The lowest BCUT2D eigenvalue weighted by Gasteiger charge is -2.00. The molecule has 1 heteroatoms. The fourth-order valence-corrected chi connectivity index (χ4v) is 1.56. The average molecular weight is 148 g/mol. The van der Waals surface area contributed by atoms with E-state index in [9.17, 15) is 5.11 Å². The first-order valence-corrected chi connectivity index (χ1v) is 4.07. The number of hydrogen-bond donors (Lipinski definition) is 1. The summed E-state index contributed by atoms with van der Waals surface area (Å²) in [6, 6.07) is 7.63. The number of phenolic OH excluding ortho intramolecular Hbond substituents is 1. The smallest absolute Gasteiger partial charge is 0.119 e. The van der Waals surface area contributed by atoms with E-state index in [2.05, 4.69) is 6.92 Å². The van der Waals surface area contributed by atoms with Crippen LogP contribution < -0.4 is 0 Å². The molecule has 0 bridgehead atoms. The van der Waals surface area contributed by atoms with E-state index >= 15 is 0 Å². The number of para-hydroxylation sites is 1. The third kappa shape index (κ3) is 1.11. The van der Waals surface area contributed by atoms with E-state index in [1.54, 1.807) is 6.07 Å². The molecule has 0 aromatic heterocycles. The maximum Gasteiger partial charge on any atom is 0.119 e. The Kier molecular flexibility index (Phi) is 1.38. The lowest BCUT2D eigenvalue weighted by Crippen LogP contribution is -1.80. The van der Waals surface area contributed by atoms with Crippen molar-refractivity contribution in [1.29, 1.82) is 0 Å². The summed E-state index contributed by atoms with van der Waals surface area (Å²) in [5, 5.41) is 9.44. The molecule has 2 unspecified atom stereocenters. The molecule has 1 saturated carbocycles. The second-order valence-corrected chi connectivity index (χ2v) is 3.38. The maximum atomic E-state index is 9.44. The van der Waals surface area contributed by atoms with E-state index in [1.807, 2.05) is 18.2 Å². The van der Waals surface area contributed by atoms with Gasteiger partial charge in [-0.2, -0.15) is 0 Å². The van der Waals surface area contributed by atoms with Crippen LogP contribution in [0.25, 0.3) is 0 Å². The van der Waals surface area contributed by atoms with Crippen molar-refractivity contribution in [2.45, 2.75) is 19.3 Å². The van der Waals surface area contributed by atoms with Gasteiger partial charge in [-0.3, -0.25) is 0 Å². The van der Waals surface area contributed by atoms with Crippen LogP contribution in [0.3, 0.4) is 0 Å². The number of phenols is 1. The van der Waals surface area contributed by atoms with Gasteiger partial charge in [-0.1, -0.05) is 25.1 Å². The summed E-state index contributed by atoms with van der Waals surface area (Å²) in [6.45, 7) is 2.22. The first-order chi connectivity index (χ1) is 5.29. The largest absolute Gasteiger partial charge is 0.508 e. The highest BCUT2D eigenvalue weighted by atomic mass is 16.3. The summed E-state index contributed by atoms with van der Waals surface area (Å²) >= 11 is 0. The molecule has 1 aliphatic carbocycles. The van der Waals surface area contributed by atoms with Crippen molar-refractivity contribution in [1.82, 2.24) is 0 Å². The summed E-state index contributed by atoms with van der Waals surface area (Å²) in [5.74, 6) is 1.85. The molecule has 2 atom stereocenters. The molecule has 0 heterocycles. The van der Waals surface area contributed by atoms with Crippen LogP contribution in [0.5, 0.6) is 5.75 Å². The Bertz CT molecular complexity index is 267. The molecule has 0 radical (unpaired) electrons. The molecule has 1 N–H and O–H groups in total. The monoisotopic (exact) mass is 148 g/mol. The minimum Gasteiger partial charge on any atom is -0.508 e. The maximum absolute atomic E-state index is 9.44. The minimum absolute atomic E-state index is 0.460. The fraction of sp³-hybridized carbons (Fsp3) is 0.400. The van der Waals surface area contributed by atoms with Crippen molar-refractivity contribution < 1.29 is 5.11 Å². The Hall–Kier alpha value is -0.980. The molecule has 58 valence electrons. The zero-order valence-electron chi connectivity index (χ0n) is 6.62. The summed E-state index contributed by atoms with van der Waals surface area (Å²) < 4.78 is 0. The highest BCUT2D eigenvalue weighted by Gasteiger charge is 2.35. The van der Waals surface area contributed by atoms with Crippen LogP contribution in [0.15, 0.2) is 24.3 Å². The van der Waals surface area contributed by atoms with Gasteiger partial charge in [0.1, 0.15) is 5.75 Å². The van der Waals surface area contributed by atoms with Gasteiger partial charge < -0.3 is 5.11 Å². The van der Waals surface area contributed by atoms with Gasteiger partial charge in [0.15, 0.2) is 0 Å². The Balaban J connectivity index is 2.31. The van der Waals surface area contributed by atoms with E-state index in [4.69, 9.17) is 0 Å². The highest BCUT2D eigenvalue weighted by molar-refractivity contribution is 5.38. The highest BCUT2D eigenvalue weighted by Crippen LogP contribution is 2.49. The van der Waals surface area contributed by atoms with Gasteiger partial charge in [0, 0.05) is 0 Å². The van der Waals surface area contributed by atoms with E-state index < -0.39 is 0 Å². The molecule has 1 aliphatic rings. The molecule has 11 heavy (non-hydrogen) atoms. The van der Waals surface area contributed by atoms with Crippen LogP contribution in [0.4, 0.5) is 0 Å². The Morgan fingerprint density at radius 1 is 1.36 bits per heavy atom. The predicted octanol–water partition coefficient (Wildman–Crippen LogP) is 2.52. The summed E-state index contributed by atoms with van der Waals surface area (Å²) in [6.07, 6.45) is 1.23. The molecular formula is C10H12O. The molecule has 2 rings (SSSR count). The third-order valence-corrected chi connectivity index (χ3v) is 2.45. The number of rotatable bonds is 1. The first kappa shape index (κ1) is 6.71. The van der Waals surface area contributed by atoms with E-state index in [0.29, 0.717) is 11.7 Å². The normalized spacial score (nSPS) is 28.5. The molecule has 1 aromatic carbocycles. The second kappa shape index (κ2) is 2.26. The van der Waals surface area contributed by atoms with Crippen molar-refractivity contribution in [2.75, 3.05) is 0 Å². The van der Waals surface area contributed by atoms with Crippen molar-refractivity contribution in [3.05, 3.63) is 29.8 Å². The van der Waals surface area contributed by atoms with Crippen molar-refractivity contribution in [2.24, 2.45) is 5.92 Å². The van der Waals surface area contributed by atoms with E-state index in [-0.39, 0.29) is 0 Å². The topological polar surface area (TPSA) is 20.2 Å². The Morgan fingerprint density at radius 2 is 2.00 bits per heavy atom. The quantitative estimate of drug-likeness (QED) is 0.648. The second-order valence-electron chi connectivity index (χ2n) is 3.38. The Morgan fingerprint density at radius 3 is 2.55 bits per heavy atom. The van der Waals surface area contributed by atoms with Crippen LogP contribution in [0.1, 0.15) is 24.8 Å². The van der Waals surface area contributed by atoms with Gasteiger partial charge in [0.05, 0.1) is 0 Å². The number of benzene rings is 1. The summed E-state index contributed by atoms with van der Waals surface area (Å²) in [7, 11) is 0. The molecule has 1 aromatic rings. The zero-order valence-corrected chi connectivity index (χ0v) is 6.62. The fourth-order valence-electron chi connectivity index (χ4n) is 1.56. The number of aromatic hydroxyl groups is 1. The van der Waals surface area contributed by atoms with Gasteiger partial charge in [0.25, 0.3) is 0 Å². The molecular weight excluding hydrogens is 136 g/mol. The molecule has 0 amide bonds. The van der Waals surface area contributed by atoms with Gasteiger partial charge in [-0.25, -0.2) is 0 Å². The minimum atomic E-state index is 0.460. The van der Waals surface area contributed by atoms with Gasteiger partial charge in [-0.15, -0.1) is 0 Å². The van der Waals surface area contributed by atoms with Crippen LogP contribution >= 0.6 is 0 Å². The zero-order chi connectivity index (χ0) is 7.84. The molecule has 1 fully saturated rings. The first-order valence-electron chi connectivity index (χ1n) is 4.07. The molecule has 0 saturated heterocycles. The van der Waals surface area contributed by atoms with Crippen LogP contribution in [-0.2, 0) is 0 Å². The summed E-state index contributed by atoms with van der Waals surface area (Å²) in [4.78, 5) is 0.